The molecule has 0 saturated carbocycles. The van der Waals surface area contributed by atoms with E-state index in [1.807, 2.05) is 60.7 Å². The Morgan fingerprint density at radius 1 is 0.625 bits per heavy atom. The molecule has 3 N–H and O–H groups in total. The van der Waals surface area contributed by atoms with Gasteiger partial charge in [-0.2, -0.15) is 0 Å². The summed E-state index contributed by atoms with van der Waals surface area (Å²) in [4.78, 5) is 24.8. The number of hydrogen-bond donors (Lipinski definition) is 3. The summed E-state index contributed by atoms with van der Waals surface area (Å²) in [6, 6.07) is 19.3. The Morgan fingerprint density at radius 2 is 1.04 bits per heavy atom. The number of benzene rings is 2. The Balaban J connectivity index is 1.88. The lowest BCUT2D eigenvalue weighted by Crippen LogP contribution is -2.36. The first-order valence-electron chi connectivity index (χ1n) is 7.63. The van der Waals surface area contributed by atoms with Crippen LogP contribution >= 0.6 is 0 Å². The summed E-state index contributed by atoms with van der Waals surface area (Å²) < 4.78 is 0. The van der Waals surface area contributed by atoms with Crippen LogP contribution in [0.2, 0.25) is 0 Å². The molecule has 0 aromatic heterocycles. The number of nitrogens with one attached hydrogen (secondary N) is 3. The quantitative estimate of drug-likeness (QED) is 0.740. The van der Waals surface area contributed by atoms with E-state index in [0.717, 1.165) is 22.5 Å². The number of dihydropyridines is 1. The van der Waals surface area contributed by atoms with Gasteiger partial charge in [0.05, 0.1) is 0 Å². The Hall–Kier alpha value is -3.34. The van der Waals surface area contributed by atoms with Crippen molar-refractivity contribution < 1.29 is 9.59 Å². The van der Waals surface area contributed by atoms with Crippen LogP contribution in [0, 0.1) is 5.41 Å². The second-order valence-corrected chi connectivity index (χ2v) is 5.75. The molecule has 1 spiro atoms. The molecule has 2 amide bonds. The van der Waals surface area contributed by atoms with Crippen LogP contribution < -0.4 is 16.2 Å². The van der Waals surface area contributed by atoms with Crippen LogP contribution in [0.5, 0.6) is 0 Å². The third kappa shape index (κ3) is 2.18. The predicted molar refractivity (Wildman–Crippen MR) is 90.7 cm³/mol. The average Bonchev–Trinajstić information content (AvgIpc) is 2.91. The minimum atomic E-state index is -1.35. The van der Waals surface area contributed by atoms with Crippen LogP contribution in [0.4, 0.5) is 0 Å². The zero-order valence-electron chi connectivity index (χ0n) is 12.7. The monoisotopic (exact) mass is 317 g/mol. The molecule has 2 aromatic carbocycles. The van der Waals surface area contributed by atoms with Gasteiger partial charge < -0.3 is 5.32 Å². The van der Waals surface area contributed by atoms with Crippen LogP contribution in [-0.2, 0) is 9.59 Å². The second-order valence-electron chi connectivity index (χ2n) is 5.75. The maximum Gasteiger partial charge on any atom is 0.262 e. The Kier molecular flexibility index (Phi) is 3.20. The minimum absolute atomic E-state index is 0.379. The molecule has 1 fully saturated rings. The molecule has 4 rings (SSSR count). The fourth-order valence-corrected chi connectivity index (χ4v) is 2.95. The molecule has 5 nitrogen and oxygen atoms in total. The molecule has 0 aliphatic carbocycles. The van der Waals surface area contributed by atoms with E-state index in [2.05, 4.69) is 16.2 Å². The molecule has 0 bridgehead atoms. The number of hydrazine groups is 1. The van der Waals surface area contributed by atoms with Gasteiger partial charge in [0.15, 0.2) is 5.41 Å². The highest BCUT2D eigenvalue weighted by molar-refractivity contribution is 6.16. The lowest BCUT2D eigenvalue weighted by Gasteiger charge is -2.27. The van der Waals surface area contributed by atoms with Gasteiger partial charge >= 0.3 is 0 Å². The fourth-order valence-electron chi connectivity index (χ4n) is 2.95. The maximum absolute atomic E-state index is 12.4. The van der Waals surface area contributed by atoms with Crippen LogP contribution in [0.3, 0.4) is 0 Å². The molecule has 2 heterocycles. The summed E-state index contributed by atoms with van der Waals surface area (Å²) >= 11 is 0. The molecule has 2 aliphatic heterocycles. The van der Waals surface area contributed by atoms with E-state index in [0.29, 0.717) is 0 Å². The van der Waals surface area contributed by atoms with Gasteiger partial charge in [-0.3, -0.25) is 20.4 Å². The van der Waals surface area contributed by atoms with E-state index in [4.69, 9.17) is 0 Å². The van der Waals surface area contributed by atoms with Crippen molar-refractivity contribution in [3.8, 4) is 0 Å². The smallest absolute Gasteiger partial charge is 0.262 e. The summed E-state index contributed by atoms with van der Waals surface area (Å²) in [6.07, 6.45) is 3.35. The summed E-state index contributed by atoms with van der Waals surface area (Å²) in [5.41, 5.74) is 6.76. The second kappa shape index (κ2) is 5.38. The van der Waals surface area contributed by atoms with Crippen molar-refractivity contribution in [3.05, 3.63) is 83.9 Å². The minimum Gasteiger partial charge on any atom is -0.355 e. The number of carbonyl (C=O) groups excluding carboxylic acids is 2. The molecular formula is C19H15N3O2. The normalized spacial score (nSPS) is 18.3. The van der Waals surface area contributed by atoms with Gasteiger partial charge in [0.2, 0.25) is 0 Å². The third-order valence-electron chi connectivity index (χ3n) is 4.22. The third-order valence-corrected chi connectivity index (χ3v) is 4.22. The van der Waals surface area contributed by atoms with Crippen molar-refractivity contribution in [1.29, 1.82) is 0 Å². The highest BCUT2D eigenvalue weighted by Gasteiger charge is 2.49. The van der Waals surface area contributed by atoms with E-state index in [-0.39, 0.29) is 11.8 Å². The summed E-state index contributed by atoms with van der Waals surface area (Å²) in [5, 5.41) is 3.34. The zero-order chi connectivity index (χ0) is 16.6. The highest BCUT2D eigenvalue weighted by atomic mass is 16.2. The highest BCUT2D eigenvalue weighted by Crippen LogP contribution is 2.36. The van der Waals surface area contributed by atoms with Gasteiger partial charge in [0, 0.05) is 11.4 Å². The molecule has 0 unspecified atom stereocenters. The van der Waals surface area contributed by atoms with Crippen molar-refractivity contribution >= 4 is 23.2 Å². The SMILES string of the molecule is O=C1NNC(=O)C12C=C(c1ccccc1)NC(c1ccccc1)=C2. The average molecular weight is 317 g/mol. The van der Waals surface area contributed by atoms with Crippen LogP contribution in [0.15, 0.2) is 72.8 Å². The molecule has 5 heteroatoms. The van der Waals surface area contributed by atoms with Gasteiger partial charge in [-0.25, -0.2) is 0 Å². The molecule has 2 aliphatic rings. The standard InChI is InChI=1S/C19H15N3O2/c23-17-19(18(24)22-21-17)11-15(13-7-3-1-4-8-13)20-16(12-19)14-9-5-2-6-10-14/h1-12,20H,(H,21,23)(H,22,24). The van der Waals surface area contributed by atoms with Gasteiger partial charge in [-0.05, 0) is 23.3 Å². The van der Waals surface area contributed by atoms with E-state index in [1.54, 1.807) is 12.2 Å². The zero-order valence-corrected chi connectivity index (χ0v) is 12.7. The fraction of sp³-hybridized carbons (Fsp3) is 0.0526. The first kappa shape index (κ1) is 14.3. The Bertz CT molecular complexity index is 796. The van der Waals surface area contributed by atoms with E-state index >= 15 is 0 Å². The van der Waals surface area contributed by atoms with Gasteiger partial charge in [0.25, 0.3) is 11.8 Å². The topological polar surface area (TPSA) is 70.2 Å². The number of rotatable bonds is 2. The Morgan fingerprint density at radius 3 is 1.46 bits per heavy atom. The maximum atomic E-state index is 12.4. The molecule has 0 radical (unpaired) electrons. The summed E-state index contributed by atoms with van der Waals surface area (Å²) in [6.45, 7) is 0. The Labute approximate surface area is 139 Å². The van der Waals surface area contributed by atoms with E-state index in [9.17, 15) is 9.59 Å². The molecule has 1 saturated heterocycles. The van der Waals surface area contributed by atoms with E-state index < -0.39 is 5.41 Å². The van der Waals surface area contributed by atoms with Gasteiger partial charge in [0.1, 0.15) is 0 Å². The van der Waals surface area contributed by atoms with Crippen molar-refractivity contribution in [1.82, 2.24) is 16.2 Å². The number of hydrogen-bond acceptors (Lipinski definition) is 3. The van der Waals surface area contributed by atoms with Crippen LogP contribution in [0.25, 0.3) is 11.4 Å². The molecule has 2 aromatic rings. The molecule has 0 atom stereocenters. The van der Waals surface area contributed by atoms with Crippen molar-refractivity contribution in [2.75, 3.05) is 0 Å². The number of carbonyl (C=O) groups is 2. The summed E-state index contributed by atoms with van der Waals surface area (Å²) in [7, 11) is 0. The van der Waals surface area contributed by atoms with Crippen molar-refractivity contribution in [3.63, 3.8) is 0 Å². The first-order valence-corrected chi connectivity index (χ1v) is 7.63. The molecular weight excluding hydrogens is 302 g/mol. The van der Waals surface area contributed by atoms with E-state index in [1.165, 1.54) is 0 Å². The first-order chi connectivity index (χ1) is 11.7. The lowest BCUT2D eigenvalue weighted by molar-refractivity contribution is -0.130. The van der Waals surface area contributed by atoms with Crippen molar-refractivity contribution in [2.45, 2.75) is 0 Å². The van der Waals surface area contributed by atoms with Gasteiger partial charge in [-0.1, -0.05) is 60.7 Å². The molecule has 118 valence electrons. The summed E-state index contributed by atoms with van der Waals surface area (Å²) in [5.74, 6) is -0.758. The number of amides is 2. The van der Waals surface area contributed by atoms with Crippen LogP contribution in [-0.4, -0.2) is 11.8 Å². The van der Waals surface area contributed by atoms with Crippen molar-refractivity contribution in [2.24, 2.45) is 5.41 Å². The largest absolute Gasteiger partial charge is 0.355 e. The van der Waals surface area contributed by atoms with Crippen LogP contribution in [0.1, 0.15) is 11.1 Å². The molecule has 24 heavy (non-hydrogen) atoms. The predicted octanol–water partition coefficient (Wildman–Crippen LogP) is 1.82. The van der Waals surface area contributed by atoms with Gasteiger partial charge in [-0.15, -0.1) is 0 Å². The lowest BCUT2D eigenvalue weighted by atomic mass is 9.81.